The molecule has 116 valence electrons. The molecule has 1 heterocycles. The van der Waals surface area contributed by atoms with E-state index in [2.05, 4.69) is 30.7 Å². The van der Waals surface area contributed by atoms with E-state index in [4.69, 9.17) is 0 Å². The highest BCUT2D eigenvalue weighted by molar-refractivity contribution is 5.75. The van der Waals surface area contributed by atoms with E-state index in [0.717, 1.165) is 58.3 Å². The van der Waals surface area contributed by atoms with Gasteiger partial charge in [-0.25, -0.2) is 0 Å². The first-order chi connectivity index (χ1) is 9.43. The Hall–Kier alpha value is -0.610. The summed E-state index contributed by atoms with van der Waals surface area (Å²) >= 11 is 0. The van der Waals surface area contributed by atoms with E-state index in [0.29, 0.717) is 12.0 Å². The minimum atomic E-state index is -0.575. The molecule has 0 radical (unpaired) electrons. The van der Waals surface area contributed by atoms with Crippen LogP contribution < -0.4 is 0 Å². The average molecular weight is 282 g/mol. The Morgan fingerprint density at radius 1 is 1.25 bits per heavy atom. The number of carboxylic acids is 1. The summed E-state index contributed by atoms with van der Waals surface area (Å²) in [5, 5.41) is 9.78. The number of rotatable bonds is 3. The number of hydrogen-bond acceptors (Lipinski definition) is 3. The molecule has 1 saturated carbocycles. The molecular formula is C16H30N2O2. The van der Waals surface area contributed by atoms with Crippen molar-refractivity contribution < 1.29 is 9.90 Å². The van der Waals surface area contributed by atoms with E-state index in [1.807, 2.05) is 0 Å². The molecule has 2 aliphatic rings. The molecule has 1 aliphatic heterocycles. The van der Waals surface area contributed by atoms with Gasteiger partial charge in [-0.2, -0.15) is 0 Å². The Balaban J connectivity index is 2.06. The largest absolute Gasteiger partial charge is 0.481 e. The molecule has 0 aromatic heterocycles. The highest BCUT2D eigenvalue weighted by atomic mass is 16.4. The fourth-order valence-corrected chi connectivity index (χ4v) is 3.80. The molecule has 0 aromatic rings. The van der Waals surface area contributed by atoms with Crippen LogP contribution in [0.5, 0.6) is 0 Å². The molecule has 2 fully saturated rings. The summed E-state index contributed by atoms with van der Waals surface area (Å²) in [4.78, 5) is 16.7. The SMILES string of the molecule is CC1CCC(CN2CCCN(C)CC2C)(C(=O)O)CC1. The zero-order valence-corrected chi connectivity index (χ0v) is 13.3. The average Bonchev–Trinajstić information content (AvgIpc) is 2.54. The molecule has 1 atom stereocenters. The maximum Gasteiger partial charge on any atom is 0.310 e. The summed E-state index contributed by atoms with van der Waals surface area (Å²) in [5.41, 5.74) is -0.496. The van der Waals surface area contributed by atoms with Gasteiger partial charge >= 0.3 is 5.97 Å². The van der Waals surface area contributed by atoms with E-state index < -0.39 is 11.4 Å². The second-order valence-electron chi connectivity index (χ2n) is 7.20. The zero-order valence-electron chi connectivity index (χ0n) is 13.3. The van der Waals surface area contributed by atoms with Crippen molar-refractivity contribution in [3.8, 4) is 0 Å². The van der Waals surface area contributed by atoms with Crippen LogP contribution in [0.15, 0.2) is 0 Å². The van der Waals surface area contributed by atoms with Gasteiger partial charge in [0.1, 0.15) is 0 Å². The van der Waals surface area contributed by atoms with Gasteiger partial charge < -0.3 is 10.0 Å². The second kappa shape index (κ2) is 6.44. The monoisotopic (exact) mass is 282 g/mol. The van der Waals surface area contributed by atoms with Crippen LogP contribution in [-0.4, -0.2) is 60.1 Å². The summed E-state index contributed by atoms with van der Waals surface area (Å²) in [5.74, 6) is 0.115. The van der Waals surface area contributed by atoms with Crippen LogP contribution in [0.3, 0.4) is 0 Å². The number of hydrogen-bond donors (Lipinski definition) is 1. The van der Waals surface area contributed by atoms with Crippen LogP contribution >= 0.6 is 0 Å². The molecule has 0 amide bonds. The van der Waals surface area contributed by atoms with Crippen molar-refractivity contribution in [3.63, 3.8) is 0 Å². The van der Waals surface area contributed by atoms with Crippen LogP contribution in [0.1, 0.15) is 46.0 Å². The highest BCUT2D eigenvalue weighted by Gasteiger charge is 2.43. The van der Waals surface area contributed by atoms with Crippen LogP contribution in [0.4, 0.5) is 0 Å². The third kappa shape index (κ3) is 3.53. The fraction of sp³-hybridized carbons (Fsp3) is 0.938. The lowest BCUT2D eigenvalue weighted by Gasteiger charge is -2.41. The van der Waals surface area contributed by atoms with Gasteiger partial charge in [-0.15, -0.1) is 0 Å². The number of carboxylic acid groups (broad SMARTS) is 1. The summed E-state index contributed by atoms with van der Waals surface area (Å²) in [6.45, 7) is 8.43. The predicted molar refractivity (Wildman–Crippen MR) is 80.8 cm³/mol. The molecule has 0 bridgehead atoms. The summed E-state index contributed by atoms with van der Waals surface area (Å²) in [7, 11) is 2.16. The van der Waals surface area contributed by atoms with Gasteiger partial charge in [0.2, 0.25) is 0 Å². The number of carbonyl (C=O) groups is 1. The van der Waals surface area contributed by atoms with Crippen molar-refractivity contribution in [3.05, 3.63) is 0 Å². The normalized spacial score (nSPS) is 37.5. The third-order valence-corrected chi connectivity index (χ3v) is 5.38. The standard InChI is InChI=1S/C16H30N2O2/c1-13-5-7-16(8-6-13,15(19)20)12-18-10-4-9-17(3)11-14(18)2/h13-14H,4-12H2,1-3H3,(H,19,20). The van der Waals surface area contributed by atoms with Crippen molar-refractivity contribution >= 4 is 5.97 Å². The Morgan fingerprint density at radius 3 is 2.50 bits per heavy atom. The van der Waals surface area contributed by atoms with E-state index in [-0.39, 0.29) is 0 Å². The van der Waals surface area contributed by atoms with Crippen LogP contribution in [0.2, 0.25) is 0 Å². The maximum absolute atomic E-state index is 11.9. The molecule has 1 N–H and O–H groups in total. The van der Waals surface area contributed by atoms with Gasteiger partial charge in [-0.05, 0) is 65.1 Å². The molecule has 4 heteroatoms. The van der Waals surface area contributed by atoms with Crippen molar-refractivity contribution in [2.75, 3.05) is 33.2 Å². The van der Waals surface area contributed by atoms with Gasteiger partial charge in [0.15, 0.2) is 0 Å². The van der Waals surface area contributed by atoms with Crippen molar-refractivity contribution in [2.45, 2.75) is 52.0 Å². The summed E-state index contributed by atoms with van der Waals surface area (Å²) < 4.78 is 0. The number of aliphatic carboxylic acids is 1. The van der Waals surface area contributed by atoms with Crippen LogP contribution in [-0.2, 0) is 4.79 Å². The minimum Gasteiger partial charge on any atom is -0.481 e. The first-order valence-electron chi connectivity index (χ1n) is 8.09. The van der Waals surface area contributed by atoms with E-state index in [9.17, 15) is 9.90 Å². The lowest BCUT2D eigenvalue weighted by atomic mass is 9.70. The third-order valence-electron chi connectivity index (χ3n) is 5.38. The Morgan fingerprint density at radius 2 is 1.90 bits per heavy atom. The smallest absolute Gasteiger partial charge is 0.310 e. The molecule has 2 rings (SSSR count). The molecular weight excluding hydrogens is 252 g/mol. The maximum atomic E-state index is 11.9. The van der Waals surface area contributed by atoms with E-state index >= 15 is 0 Å². The number of nitrogens with zero attached hydrogens (tertiary/aromatic N) is 2. The topological polar surface area (TPSA) is 43.8 Å². The van der Waals surface area contributed by atoms with Gasteiger partial charge in [-0.1, -0.05) is 6.92 Å². The van der Waals surface area contributed by atoms with Gasteiger partial charge in [0.25, 0.3) is 0 Å². The second-order valence-corrected chi connectivity index (χ2v) is 7.20. The molecule has 20 heavy (non-hydrogen) atoms. The molecule has 0 spiro atoms. The van der Waals surface area contributed by atoms with Crippen molar-refractivity contribution in [1.29, 1.82) is 0 Å². The van der Waals surface area contributed by atoms with Gasteiger partial charge in [-0.3, -0.25) is 9.69 Å². The Kier molecular flexibility index (Phi) is 5.08. The fourth-order valence-electron chi connectivity index (χ4n) is 3.80. The lowest BCUT2D eigenvalue weighted by Crippen LogP contribution is -2.49. The summed E-state index contributed by atoms with van der Waals surface area (Å²) in [6.07, 6.45) is 4.97. The molecule has 4 nitrogen and oxygen atoms in total. The van der Waals surface area contributed by atoms with Crippen molar-refractivity contribution in [1.82, 2.24) is 9.80 Å². The first kappa shape index (κ1) is 15.8. The van der Waals surface area contributed by atoms with Crippen molar-refractivity contribution in [2.24, 2.45) is 11.3 Å². The summed E-state index contributed by atoms with van der Waals surface area (Å²) in [6, 6.07) is 0.457. The Bertz CT molecular complexity index is 337. The van der Waals surface area contributed by atoms with E-state index in [1.165, 1.54) is 0 Å². The van der Waals surface area contributed by atoms with Gasteiger partial charge in [0, 0.05) is 19.1 Å². The van der Waals surface area contributed by atoms with Crippen LogP contribution in [0, 0.1) is 11.3 Å². The first-order valence-corrected chi connectivity index (χ1v) is 8.09. The molecule has 1 unspecified atom stereocenters. The van der Waals surface area contributed by atoms with Crippen LogP contribution in [0.25, 0.3) is 0 Å². The molecule has 1 saturated heterocycles. The predicted octanol–water partition coefficient (Wildman–Crippen LogP) is 2.29. The zero-order chi connectivity index (χ0) is 14.8. The molecule has 0 aromatic carbocycles. The number of likely N-dealkylation sites (N-methyl/N-ethyl adjacent to an activating group) is 1. The minimum absolute atomic E-state index is 0.457. The van der Waals surface area contributed by atoms with Gasteiger partial charge in [0.05, 0.1) is 5.41 Å². The van der Waals surface area contributed by atoms with E-state index in [1.54, 1.807) is 0 Å². The Labute approximate surface area is 123 Å². The molecule has 1 aliphatic carbocycles. The quantitative estimate of drug-likeness (QED) is 0.862. The lowest BCUT2D eigenvalue weighted by molar-refractivity contribution is -0.153. The highest BCUT2D eigenvalue weighted by Crippen LogP contribution is 2.40.